The van der Waals surface area contributed by atoms with Gasteiger partial charge in [0.05, 0.1) is 17.1 Å². The molecule has 0 aliphatic carbocycles. The Morgan fingerprint density at radius 3 is 2.54 bits per heavy atom. The lowest BCUT2D eigenvalue weighted by atomic mass is 10.1. The predicted molar refractivity (Wildman–Crippen MR) is 102 cm³/mol. The number of hydrogen-bond donors (Lipinski definition) is 1. The van der Waals surface area contributed by atoms with Crippen LogP contribution in [0.2, 0.25) is 0 Å². The fraction of sp³-hybridized carbons (Fsp3) is 0.158. The number of thioether (sulfide) groups is 1. The number of nitrogens with zero attached hydrogens (tertiary/aromatic N) is 1. The molecule has 2 aromatic rings. The normalized spacial score (nSPS) is 15.3. The molecule has 0 radical (unpaired) electrons. The highest BCUT2D eigenvalue weighted by molar-refractivity contribution is 8.18. The highest BCUT2D eigenvalue weighted by atomic mass is 32.2. The minimum absolute atomic E-state index is 0.143. The van der Waals surface area contributed by atoms with Gasteiger partial charge in [0, 0.05) is 11.6 Å². The van der Waals surface area contributed by atoms with E-state index in [9.17, 15) is 19.2 Å². The maximum atomic E-state index is 12.2. The van der Waals surface area contributed by atoms with Gasteiger partial charge in [0.1, 0.15) is 18.1 Å². The van der Waals surface area contributed by atoms with Crippen LogP contribution in [-0.2, 0) is 14.3 Å². The SMILES string of the molecule is CCOC(=O)c1ccc(-c2ccc(/C=C3\SC(=O)N(CC(N)=O)C3=O)o2)cc1. The van der Waals surface area contributed by atoms with Crippen LogP contribution in [0.4, 0.5) is 4.79 Å². The van der Waals surface area contributed by atoms with Gasteiger partial charge in [0.2, 0.25) is 5.91 Å². The Balaban J connectivity index is 1.76. The molecule has 1 saturated heterocycles. The number of benzene rings is 1. The van der Waals surface area contributed by atoms with Crippen LogP contribution < -0.4 is 5.73 Å². The van der Waals surface area contributed by atoms with E-state index >= 15 is 0 Å². The minimum atomic E-state index is -0.768. The Hall–Kier alpha value is -3.33. The molecule has 1 aromatic heterocycles. The van der Waals surface area contributed by atoms with Crippen LogP contribution in [0.25, 0.3) is 17.4 Å². The van der Waals surface area contributed by atoms with Gasteiger partial charge in [-0.2, -0.15) is 0 Å². The molecule has 28 heavy (non-hydrogen) atoms. The van der Waals surface area contributed by atoms with Crippen molar-refractivity contribution in [3.63, 3.8) is 0 Å². The fourth-order valence-corrected chi connectivity index (χ4v) is 3.31. The second kappa shape index (κ2) is 8.13. The van der Waals surface area contributed by atoms with E-state index in [0.29, 0.717) is 35.5 Å². The summed E-state index contributed by atoms with van der Waals surface area (Å²) in [5.41, 5.74) is 6.21. The summed E-state index contributed by atoms with van der Waals surface area (Å²) in [7, 11) is 0. The number of carbonyl (C=O) groups is 4. The monoisotopic (exact) mass is 400 g/mol. The molecule has 1 aliphatic rings. The lowest BCUT2D eigenvalue weighted by Gasteiger charge is -2.08. The average Bonchev–Trinajstić information content (AvgIpc) is 3.22. The number of imide groups is 1. The Morgan fingerprint density at radius 2 is 1.89 bits per heavy atom. The highest BCUT2D eigenvalue weighted by Gasteiger charge is 2.36. The van der Waals surface area contributed by atoms with Crippen LogP contribution >= 0.6 is 11.8 Å². The van der Waals surface area contributed by atoms with Crippen LogP contribution in [0.5, 0.6) is 0 Å². The average molecular weight is 400 g/mol. The van der Waals surface area contributed by atoms with E-state index in [0.717, 1.165) is 10.5 Å². The summed E-state index contributed by atoms with van der Waals surface area (Å²) in [5.74, 6) is -0.867. The van der Waals surface area contributed by atoms with Crippen molar-refractivity contribution in [1.29, 1.82) is 0 Å². The van der Waals surface area contributed by atoms with Gasteiger partial charge in [0.15, 0.2) is 0 Å². The largest absolute Gasteiger partial charge is 0.462 e. The number of nitrogens with two attached hydrogens (primary N) is 1. The summed E-state index contributed by atoms with van der Waals surface area (Å²) in [6.45, 7) is 1.57. The maximum Gasteiger partial charge on any atom is 0.338 e. The molecule has 2 heterocycles. The van der Waals surface area contributed by atoms with Crippen molar-refractivity contribution in [1.82, 2.24) is 4.90 Å². The predicted octanol–water partition coefficient (Wildman–Crippen LogP) is 2.64. The topological polar surface area (TPSA) is 120 Å². The summed E-state index contributed by atoms with van der Waals surface area (Å²) in [5, 5.41) is -0.559. The first-order valence-corrected chi connectivity index (χ1v) is 9.11. The number of rotatable bonds is 6. The minimum Gasteiger partial charge on any atom is -0.462 e. The number of ether oxygens (including phenoxy) is 1. The van der Waals surface area contributed by atoms with Gasteiger partial charge < -0.3 is 14.9 Å². The number of amides is 3. The second-order valence-corrected chi connectivity index (χ2v) is 6.73. The molecule has 1 aliphatic heterocycles. The van der Waals surface area contributed by atoms with E-state index < -0.39 is 29.6 Å². The summed E-state index contributed by atoms with van der Waals surface area (Å²) in [6.07, 6.45) is 1.43. The van der Waals surface area contributed by atoms with Gasteiger partial charge in [-0.1, -0.05) is 12.1 Å². The standard InChI is InChI=1S/C19H16N2O6S/c1-2-26-18(24)12-5-3-11(4-6-12)14-8-7-13(27-14)9-15-17(23)21(10-16(20)22)19(25)28-15/h3-9H,2,10H2,1H3,(H2,20,22)/b15-9-. The third-order valence-electron chi connectivity index (χ3n) is 3.77. The molecule has 0 spiro atoms. The van der Waals surface area contributed by atoms with Crippen LogP contribution in [0.3, 0.4) is 0 Å². The first-order chi connectivity index (χ1) is 13.4. The Kier molecular flexibility index (Phi) is 5.65. The third kappa shape index (κ3) is 4.15. The van der Waals surface area contributed by atoms with Crippen LogP contribution in [0, 0.1) is 0 Å². The van der Waals surface area contributed by atoms with Gasteiger partial charge >= 0.3 is 5.97 Å². The third-order valence-corrected chi connectivity index (χ3v) is 4.68. The second-order valence-electron chi connectivity index (χ2n) is 5.73. The van der Waals surface area contributed by atoms with E-state index in [-0.39, 0.29) is 4.91 Å². The van der Waals surface area contributed by atoms with Crippen molar-refractivity contribution in [2.75, 3.05) is 13.2 Å². The molecule has 0 bridgehead atoms. The Bertz CT molecular complexity index is 977. The lowest BCUT2D eigenvalue weighted by molar-refractivity contribution is -0.127. The first-order valence-electron chi connectivity index (χ1n) is 8.30. The van der Waals surface area contributed by atoms with E-state index in [1.807, 2.05) is 0 Å². The van der Waals surface area contributed by atoms with E-state index in [2.05, 4.69) is 0 Å². The first kappa shape index (κ1) is 19.4. The summed E-state index contributed by atoms with van der Waals surface area (Å²) in [4.78, 5) is 47.6. The smallest absolute Gasteiger partial charge is 0.338 e. The van der Waals surface area contributed by atoms with Crippen molar-refractivity contribution < 1.29 is 28.3 Å². The van der Waals surface area contributed by atoms with Gasteiger partial charge in [-0.05, 0) is 43.0 Å². The quantitative estimate of drug-likeness (QED) is 0.584. The van der Waals surface area contributed by atoms with Gasteiger partial charge in [0.25, 0.3) is 11.1 Å². The Morgan fingerprint density at radius 1 is 1.18 bits per heavy atom. The molecule has 0 unspecified atom stereocenters. The molecule has 0 atom stereocenters. The molecule has 0 saturated carbocycles. The van der Waals surface area contributed by atoms with Crippen molar-refractivity contribution in [3.8, 4) is 11.3 Å². The van der Waals surface area contributed by atoms with Crippen LogP contribution in [-0.4, -0.2) is 41.1 Å². The number of hydrogen-bond acceptors (Lipinski definition) is 7. The molecule has 8 nitrogen and oxygen atoms in total. The maximum absolute atomic E-state index is 12.2. The summed E-state index contributed by atoms with van der Waals surface area (Å²) in [6, 6.07) is 10.1. The van der Waals surface area contributed by atoms with Crippen molar-refractivity contribution in [2.24, 2.45) is 5.73 Å². The van der Waals surface area contributed by atoms with Gasteiger partial charge in [-0.3, -0.25) is 19.3 Å². The number of esters is 1. The molecule has 2 N–H and O–H groups in total. The molecular formula is C19H16N2O6S. The van der Waals surface area contributed by atoms with E-state index in [1.54, 1.807) is 43.3 Å². The van der Waals surface area contributed by atoms with Crippen molar-refractivity contribution >= 4 is 40.9 Å². The fourth-order valence-electron chi connectivity index (χ4n) is 2.49. The summed E-state index contributed by atoms with van der Waals surface area (Å²) < 4.78 is 10.6. The van der Waals surface area contributed by atoms with Crippen molar-refractivity contribution in [2.45, 2.75) is 6.92 Å². The molecule has 1 aromatic carbocycles. The molecule has 9 heteroatoms. The van der Waals surface area contributed by atoms with E-state index in [1.165, 1.54) is 6.08 Å². The zero-order chi connectivity index (χ0) is 20.3. The number of primary amides is 1. The van der Waals surface area contributed by atoms with Crippen LogP contribution in [0.15, 0.2) is 45.7 Å². The molecule has 3 rings (SSSR count). The van der Waals surface area contributed by atoms with Crippen molar-refractivity contribution in [3.05, 3.63) is 52.6 Å². The lowest BCUT2D eigenvalue weighted by Crippen LogP contribution is -2.36. The highest BCUT2D eigenvalue weighted by Crippen LogP contribution is 2.33. The molecule has 1 fully saturated rings. The molecule has 144 valence electrons. The zero-order valence-electron chi connectivity index (χ0n) is 14.8. The number of furan rings is 1. The molecule has 3 amide bonds. The van der Waals surface area contributed by atoms with Crippen LogP contribution in [0.1, 0.15) is 23.0 Å². The van der Waals surface area contributed by atoms with Gasteiger partial charge in [-0.15, -0.1) is 0 Å². The zero-order valence-corrected chi connectivity index (χ0v) is 15.7. The Labute approximate surface area is 164 Å². The van der Waals surface area contributed by atoms with Gasteiger partial charge in [-0.25, -0.2) is 4.79 Å². The number of carbonyl (C=O) groups excluding carboxylic acids is 4. The van der Waals surface area contributed by atoms with E-state index in [4.69, 9.17) is 14.9 Å². The molecular weight excluding hydrogens is 384 g/mol. The summed E-state index contributed by atoms with van der Waals surface area (Å²) >= 11 is 0.713.